The highest BCUT2D eigenvalue weighted by atomic mass is 16.0. The molecular formula is C15H26O. The minimum atomic E-state index is 0. The van der Waals surface area contributed by atoms with Gasteiger partial charge in [-0.3, -0.25) is 0 Å². The monoisotopic (exact) mass is 222 g/mol. The van der Waals surface area contributed by atoms with E-state index in [0.29, 0.717) is 0 Å². The Kier molecular flexibility index (Phi) is 56.2. The van der Waals surface area contributed by atoms with Crippen molar-refractivity contribution in [3.8, 4) is 0 Å². The molecule has 0 rings (SSSR count). The molecule has 0 atom stereocenters. The Morgan fingerprint density at radius 2 is 0.750 bits per heavy atom. The molecule has 0 aromatic heterocycles. The lowest BCUT2D eigenvalue weighted by molar-refractivity contribution is 0.824. The maximum atomic E-state index is 3.46. The van der Waals surface area contributed by atoms with Crippen LogP contribution in [0.4, 0.5) is 0 Å². The fourth-order valence-corrected chi connectivity index (χ4v) is 0.408. The average molecular weight is 222 g/mol. The predicted octanol–water partition coefficient (Wildman–Crippen LogP) is 4.42. The Morgan fingerprint density at radius 3 is 0.750 bits per heavy atom. The van der Waals surface area contributed by atoms with Crippen molar-refractivity contribution in [2.24, 2.45) is 0 Å². The van der Waals surface area contributed by atoms with Gasteiger partial charge in [-0.15, -0.1) is 0 Å². The van der Waals surface area contributed by atoms with Gasteiger partial charge >= 0.3 is 0 Å². The summed E-state index contributed by atoms with van der Waals surface area (Å²) in [4.78, 5) is 0. The Balaban J connectivity index is -0.0000000655. The third kappa shape index (κ3) is 83.2. The molecule has 16 heavy (non-hydrogen) atoms. The molecule has 0 fully saturated rings. The first-order valence-corrected chi connectivity index (χ1v) is 4.96. The standard InChI is InChI=1S/3C5H8.H2O/c3*1-3-5-4-2;/h3*3-5H,1H2,2H3;1H2. The Bertz CT molecular complexity index is 169. The molecule has 0 amide bonds. The molecule has 0 aliphatic heterocycles. The molecule has 0 saturated carbocycles. The van der Waals surface area contributed by atoms with E-state index in [1.54, 1.807) is 18.2 Å². The first-order chi connectivity index (χ1) is 7.24. The van der Waals surface area contributed by atoms with Crippen LogP contribution in [0.2, 0.25) is 0 Å². The van der Waals surface area contributed by atoms with Crippen LogP contribution < -0.4 is 0 Å². The van der Waals surface area contributed by atoms with E-state index >= 15 is 0 Å². The van der Waals surface area contributed by atoms with E-state index in [0.717, 1.165) is 0 Å². The maximum absolute atomic E-state index is 3.46. The predicted molar refractivity (Wildman–Crippen MR) is 78.6 cm³/mol. The molecule has 1 heteroatoms. The second-order valence-corrected chi connectivity index (χ2v) is 2.28. The molecular weight excluding hydrogens is 196 g/mol. The van der Waals surface area contributed by atoms with Gasteiger partial charge < -0.3 is 5.48 Å². The van der Waals surface area contributed by atoms with E-state index in [4.69, 9.17) is 0 Å². The maximum Gasteiger partial charge on any atom is -0.0467 e. The van der Waals surface area contributed by atoms with Crippen molar-refractivity contribution in [3.05, 3.63) is 74.4 Å². The Morgan fingerprint density at radius 1 is 0.562 bits per heavy atom. The summed E-state index contributed by atoms with van der Waals surface area (Å²) in [5.74, 6) is 0. The van der Waals surface area contributed by atoms with Crippen LogP contribution in [0.15, 0.2) is 74.4 Å². The molecule has 0 unspecified atom stereocenters. The van der Waals surface area contributed by atoms with E-state index in [1.807, 2.05) is 57.2 Å². The summed E-state index contributed by atoms with van der Waals surface area (Å²) < 4.78 is 0. The molecule has 0 radical (unpaired) electrons. The number of allylic oxidation sites excluding steroid dienone is 9. The van der Waals surface area contributed by atoms with Gasteiger partial charge in [-0.05, 0) is 20.8 Å². The van der Waals surface area contributed by atoms with Crippen LogP contribution in [0, 0.1) is 0 Å². The van der Waals surface area contributed by atoms with Crippen molar-refractivity contribution in [1.29, 1.82) is 0 Å². The highest BCUT2D eigenvalue weighted by Gasteiger charge is 1.42. The van der Waals surface area contributed by atoms with Crippen LogP contribution >= 0.6 is 0 Å². The van der Waals surface area contributed by atoms with Gasteiger partial charge in [-0.2, -0.15) is 0 Å². The zero-order chi connectivity index (χ0) is 12.4. The summed E-state index contributed by atoms with van der Waals surface area (Å²) in [7, 11) is 0. The van der Waals surface area contributed by atoms with Crippen molar-refractivity contribution in [1.82, 2.24) is 0 Å². The summed E-state index contributed by atoms with van der Waals surface area (Å²) >= 11 is 0. The van der Waals surface area contributed by atoms with Crippen molar-refractivity contribution < 1.29 is 5.48 Å². The Labute approximate surface area is 101 Å². The fraction of sp³-hybridized carbons (Fsp3) is 0.200. The van der Waals surface area contributed by atoms with Gasteiger partial charge in [0.25, 0.3) is 0 Å². The van der Waals surface area contributed by atoms with Crippen LogP contribution in [0.1, 0.15) is 20.8 Å². The summed E-state index contributed by atoms with van der Waals surface area (Å²) in [6.45, 7) is 16.3. The molecule has 1 nitrogen and oxygen atoms in total. The van der Waals surface area contributed by atoms with Gasteiger partial charge in [0.15, 0.2) is 0 Å². The molecule has 0 aliphatic rings. The first kappa shape index (κ1) is 23.9. The van der Waals surface area contributed by atoms with E-state index in [1.165, 1.54) is 0 Å². The van der Waals surface area contributed by atoms with Gasteiger partial charge in [0.05, 0.1) is 0 Å². The van der Waals surface area contributed by atoms with Gasteiger partial charge in [0.2, 0.25) is 0 Å². The van der Waals surface area contributed by atoms with Crippen LogP contribution in [0.5, 0.6) is 0 Å². The third-order valence-corrected chi connectivity index (χ3v) is 0.986. The molecule has 0 bridgehead atoms. The number of hydrogen-bond donors (Lipinski definition) is 0. The van der Waals surface area contributed by atoms with Crippen molar-refractivity contribution in [2.45, 2.75) is 20.8 Å². The topological polar surface area (TPSA) is 31.5 Å². The van der Waals surface area contributed by atoms with Crippen LogP contribution in [0.25, 0.3) is 0 Å². The molecule has 0 heterocycles. The first-order valence-electron chi connectivity index (χ1n) is 4.96. The van der Waals surface area contributed by atoms with E-state index < -0.39 is 0 Å². The third-order valence-electron chi connectivity index (χ3n) is 0.986. The van der Waals surface area contributed by atoms with E-state index in [-0.39, 0.29) is 5.48 Å². The van der Waals surface area contributed by atoms with E-state index in [2.05, 4.69) is 19.7 Å². The van der Waals surface area contributed by atoms with Crippen LogP contribution in [-0.4, -0.2) is 5.48 Å². The molecule has 0 saturated heterocycles. The van der Waals surface area contributed by atoms with Gasteiger partial charge in [0, 0.05) is 0 Å². The minimum absolute atomic E-state index is 0. The average Bonchev–Trinajstić information content (AvgIpc) is 2.23. The summed E-state index contributed by atoms with van der Waals surface area (Å²) in [6.07, 6.45) is 16.7. The molecule has 2 N–H and O–H groups in total. The van der Waals surface area contributed by atoms with Crippen molar-refractivity contribution in [2.75, 3.05) is 0 Å². The molecule has 0 aliphatic carbocycles. The summed E-state index contributed by atoms with van der Waals surface area (Å²) in [5.41, 5.74) is 0. The minimum Gasteiger partial charge on any atom is -0.412 e. The molecule has 0 spiro atoms. The van der Waals surface area contributed by atoms with Gasteiger partial charge in [0.1, 0.15) is 0 Å². The zero-order valence-electron chi connectivity index (χ0n) is 10.8. The number of hydrogen-bond acceptors (Lipinski definition) is 0. The lowest BCUT2D eigenvalue weighted by Crippen LogP contribution is -1.33. The SMILES string of the molecule is C=CC=CC.C=CC=CC.C=CC=CC.O. The summed E-state index contributed by atoms with van der Waals surface area (Å²) in [6, 6.07) is 0. The largest absolute Gasteiger partial charge is 0.412 e. The molecule has 0 aromatic carbocycles. The Hall–Kier alpha value is -1.60. The fourth-order valence-electron chi connectivity index (χ4n) is 0.408. The van der Waals surface area contributed by atoms with Gasteiger partial charge in [-0.1, -0.05) is 74.4 Å². The van der Waals surface area contributed by atoms with Gasteiger partial charge in [-0.25, -0.2) is 0 Å². The van der Waals surface area contributed by atoms with Crippen LogP contribution in [0.3, 0.4) is 0 Å². The second-order valence-electron chi connectivity index (χ2n) is 2.28. The smallest absolute Gasteiger partial charge is 0.0467 e. The molecule has 0 aromatic rings. The highest BCUT2D eigenvalue weighted by Crippen LogP contribution is 1.65. The van der Waals surface area contributed by atoms with Crippen molar-refractivity contribution in [3.63, 3.8) is 0 Å². The second kappa shape index (κ2) is 37.6. The summed E-state index contributed by atoms with van der Waals surface area (Å²) in [5, 5.41) is 0. The highest BCUT2D eigenvalue weighted by molar-refractivity contribution is 4.95. The van der Waals surface area contributed by atoms with E-state index in [9.17, 15) is 0 Å². The number of rotatable bonds is 3. The zero-order valence-corrected chi connectivity index (χ0v) is 10.8. The lowest BCUT2D eigenvalue weighted by atomic mass is 10.5. The normalized spacial score (nSPS) is 8.44. The lowest BCUT2D eigenvalue weighted by Gasteiger charge is -1.56. The van der Waals surface area contributed by atoms with Crippen molar-refractivity contribution >= 4 is 0 Å². The molecule has 92 valence electrons. The quantitative estimate of drug-likeness (QED) is 0.633. The van der Waals surface area contributed by atoms with Crippen LogP contribution in [-0.2, 0) is 0 Å².